The van der Waals surface area contributed by atoms with Crippen LogP contribution >= 0.6 is 39.0 Å². The van der Waals surface area contributed by atoms with Crippen LogP contribution in [0.25, 0.3) is 0 Å². The molecule has 0 aliphatic rings. The fourth-order valence-corrected chi connectivity index (χ4v) is 3.04. The van der Waals surface area contributed by atoms with E-state index in [4.69, 9.17) is 4.74 Å². The Kier molecular flexibility index (Phi) is 4.32. The van der Waals surface area contributed by atoms with E-state index < -0.39 is 0 Å². The molecule has 1 aromatic carbocycles. The van der Waals surface area contributed by atoms with E-state index in [1.54, 1.807) is 23.1 Å². The number of thioether (sulfide) groups is 1. The lowest BCUT2D eigenvalue weighted by Gasteiger charge is -2.05. The van der Waals surface area contributed by atoms with E-state index >= 15 is 0 Å². The number of thiophene rings is 1. The van der Waals surface area contributed by atoms with Crippen LogP contribution in [0.15, 0.2) is 45.1 Å². The molecular formula is C12H11BrOS2. The molecule has 0 amide bonds. The van der Waals surface area contributed by atoms with Crippen molar-refractivity contribution in [1.29, 1.82) is 0 Å². The molecule has 4 heteroatoms. The van der Waals surface area contributed by atoms with Crippen LogP contribution in [0.1, 0.15) is 4.88 Å². The lowest BCUT2D eigenvalue weighted by Crippen LogP contribution is -1.93. The zero-order chi connectivity index (χ0) is 11.4. The van der Waals surface area contributed by atoms with Gasteiger partial charge in [0.05, 0.1) is 4.88 Å². The summed E-state index contributed by atoms with van der Waals surface area (Å²) in [7, 11) is 0. The molecule has 1 aromatic heterocycles. The highest BCUT2D eigenvalue weighted by molar-refractivity contribution is 9.10. The molecule has 1 heterocycles. The van der Waals surface area contributed by atoms with Crippen LogP contribution in [0.5, 0.6) is 5.75 Å². The molecular weight excluding hydrogens is 304 g/mol. The zero-order valence-corrected chi connectivity index (χ0v) is 12.0. The standard InChI is InChI=1S/C12H11BrOS2/c1-15-10-4-2-9(3-5-10)14-8-12-11(13)6-7-16-12/h2-7H,8H2,1H3. The summed E-state index contributed by atoms with van der Waals surface area (Å²) < 4.78 is 6.83. The molecule has 84 valence electrons. The Hall–Kier alpha value is -0.450. The van der Waals surface area contributed by atoms with Crippen molar-refractivity contribution in [3.8, 4) is 5.75 Å². The minimum absolute atomic E-state index is 0.622. The summed E-state index contributed by atoms with van der Waals surface area (Å²) in [6.45, 7) is 0.622. The average Bonchev–Trinajstić information content (AvgIpc) is 2.73. The quantitative estimate of drug-likeness (QED) is 0.749. The first-order chi connectivity index (χ1) is 7.79. The fourth-order valence-electron chi connectivity index (χ4n) is 1.25. The number of hydrogen-bond acceptors (Lipinski definition) is 3. The van der Waals surface area contributed by atoms with Gasteiger partial charge < -0.3 is 4.74 Å². The van der Waals surface area contributed by atoms with Gasteiger partial charge in [0.25, 0.3) is 0 Å². The maximum Gasteiger partial charge on any atom is 0.124 e. The molecule has 0 radical (unpaired) electrons. The molecule has 2 rings (SSSR count). The number of hydrogen-bond donors (Lipinski definition) is 0. The Labute approximate surface area is 112 Å². The van der Waals surface area contributed by atoms with Crippen LogP contribution in [0, 0.1) is 0 Å². The van der Waals surface area contributed by atoms with E-state index in [-0.39, 0.29) is 0 Å². The molecule has 0 aliphatic carbocycles. The predicted molar refractivity (Wildman–Crippen MR) is 74.6 cm³/mol. The van der Waals surface area contributed by atoms with Gasteiger partial charge in [-0.15, -0.1) is 23.1 Å². The first kappa shape index (κ1) is 12.0. The first-order valence-corrected chi connectivity index (χ1v) is 7.68. The van der Waals surface area contributed by atoms with Gasteiger partial charge in [-0.05, 0) is 57.9 Å². The van der Waals surface area contributed by atoms with Crippen molar-refractivity contribution in [2.75, 3.05) is 6.26 Å². The molecule has 0 saturated carbocycles. The van der Waals surface area contributed by atoms with Gasteiger partial charge in [0, 0.05) is 9.37 Å². The van der Waals surface area contributed by atoms with Crippen LogP contribution in [-0.4, -0.2) is 6.26 Å². The molecule has 0 aliphatic heterocycles. The molecule has 0 fully saturated rings. The van der Waals surface area contributed by atoms with Crippen molar-refractivity contribution in [3.63, 3.8) is 0 Å². The predicted octanol–water partition coefficient (Wildman–Crippen LogP) is 4.81. The minimum Gasteiger partial charge on any atom is -0.488 e. The second-order valence-electron chi connectivity index (χ2n) is 3.16. The Morgan fingerprint density at radius 2 is 2.00 bits per heavy atom. The lowest BCUT2D eigenvalue weighted by molar-refractivity contribution is 0.309. The summed E-state index contributed by atoms with van der Waals surface area (Å²) in [5, 5.41) is 2.06. The lowest BCUT2D eigenvalue weighted by atomic mass is 10.3. The van der Waals surface area contributed by atoms with Gasteiger partial charge in [-0.3, -0.25) is 0 Å². The third-order valence-electron chi connectivity index (χ3n) is 2.12. The van der Waals surface area contributed by atoms with Gasteiger partial charge >= 0.3 is 0 Å². The van der Waals surface area contributed by atoms with Crippen molar-refractivity contribution < 1.29 is 4.74 Å². The van der Waals surface area contributed by atoms with Gasteiger partial charge in [0.1, 0.15) is 12.4 Å². The van der Waals surface area contributed by atoms with Crippen molar-refractivity contribution >= 4 is 39.0 Å². The van der Waals surface area contributed by atoms with E-state index in [1.165, 1.54) is 9.77 Å². The van der Waals surface area contributed by atoms with Crippen molar-refractivity contribution in [2.45, 2.75) is 11.5 Å². The molecule has 16 heavy (non-hydrogen) atoms. The Morgan fingerprint density at radius 3 is 2.56 bits per heavy atom. The summed E-state index contributed by atoms with van der Waals surface area (Å²) >= 11 is 6.92. The topological polar surface area (TPSA) is 9.23 Å². The highest BCUT2D eigenvalue weighted by Gasteiger charge is 2.02. The highest BCUT2D eigenvalue weighted by Crippen LogP contribution is 2.25. The molecule has 0 spiro atoms. The summed E-state index contributed by atoms with van der Waals surface area (Å²) in [6, 6.07) is 10.2. The minimum atomic E-state index is 0.622. The summed E-state index contributed by atoms with van der Waals surface area (Å²) in [5.41, 5.74) is 0. The van der Waals surface area contributed by atoms with Crippen LogP contribution in [0.4, 0.5) is 0 Å². The van der Waals surface area contributed by atoms with Crippen LogP contribution in [-0.2, 0) is 6.61 Å². The third-order valence-corrected chi connectivity index (χ3v) is 4.76. The number of rotatable bonds is 4. The number of halogens is 1. The van der Waals surface area contributed by atoms with Crippen LogP contribution in [0.3, 0.4) is 0 Å². The largest absolute Gasteiger partial charge is 0.488 e. The van der Waals surface area contributed by atoms with Gasteiger partial charge in [-0.2, -0.15) is 0 Å². The summed E-state index contributed by atoms with van der Waals surface area (Å²) in [5.74, 6) is 0.915. The highest BCUT2D eigenvalue weighted by atomic mass is 79.9. The van der Waals surface area contributed by atoms with E-state index in [1.807, 2.05) is 18.2 Å². The Bertz CT molecular complexity index is 450. The molecule has 0 unspecified atom stereocenters. The first-order valence-electron chi connectivity index (χ1n) is 4.78. The van der Waals surface area contributed by atoms with Gasteiger partial charge in [-0.1, -0.05) is 0 Å². The Balaban J connectivity index is 1.97. The molecule has 1 nitrogen and oxygen atoms in total. The van der Waals surface area contributed by atoms with Crippen LogP contribution in [0.2, 0.25) is 0 Å². The van der Waals surface area contributed by atoms with E-state index in [0.29, 0.717) is 6.61 Å². The molecule has 0 bridgehead atoms. The van der Waals surface area contributed by atoms with E-state index in [9.17, 15) is 0 Å². The van der Waals surface area contributed by atoms with Crippen molar-refractivity contribution in [3.05, 3.63) is 45.1 Å². The summed E-state index contributed by atoms with van der Waals surface area (Å²) in [4.78, 5) is 2.47. The van der Waals surface area contributed by atoms with Crippen LogP contribution < -0.4 is 4.74 Å². The second-order valence-corrected chi connectivity index (χ2v) is 5.89. The third kappa shape index (κ3) is 3.03. The smallest absolute Gasteiger partial charge is 0.124 e. The van der Waals surface area contributed by atoms with Crippen molar-refractivity contribution in [2.24, 2.45) is 0 Å². The SMILES string of the molecule is CSc1ccc(OCc2sccc2Br)cc1. The fraction of sp³-hybridized carbons (Fsp3) is 0.167. The van der Waals surface area contributed by atoms with E-state index in [0.717, 1.165) is 10.2 Å². The zero-order valence-electron chi connectivity index (χ0n) is 8.77. The maximum atomic E-state index is 5.70. The number of benzene rings is 1. The van der Waals surface area contributed by atoms with Gasteiger partial charge in [-0.25, -0.2) is 0 Å². The molecule has 2 aromatic rings. The van der Waals surface area contributed by atoms with E-state index in [2.05, 4.69) is 39.7 Å². The molecule has 0 atom stereocenters. The Morgan fingerprint density at radius 1 is 1.25 bits per heavy atom. The molecule has 0 saturated heterocycles. The summed E-state index contributed by atoms with van der Waals surface area (Å²) in [6.07, 6.45) is 2.07. The second kappa shape index (κ2) is 5.75. The average molecular weight is 315 g/mol. The monoisotopic (exact) mass is 314 g/mol. The van der Waals surface area contributed by atoms with Gasteiger partial charge in [0.15, 0.2) is 0 Å². The number of ether oxygens (including phenoxy) is 1. The van der Waals surface area contributed by atoms with Crippen molar-refractivity contribution in [1.82, 2.24) is 0 Å². The van der Waals surface area contributed by atoms with Gasteiger partial charge in [0.2, 0.25) is 0 Å². The molecule has 0 N–H and O–H groups in total. The normalized spacial score (nSPS) is 10.4. The maximum absolute atomic E-state index is 5.70.